The van der Waals surface area contributed by atoms with Crippen molar-refractivity contribution in [2.45, 2.75) is 37.6 Å². The van der Waals surface area contributed by atoms with Gasteiger partial charge in [-0.05, 0) is 24.8 Å². The lowest BCUT2D eigenvalue weighted by molar-refractivity contribution is -0.139. The van der Waals surface area contributed by atoms with Gasteiger partial charge in [-0.1, -0.05) is 30.3 Å². The van der Waals surface area contributed by atoms with Crippen LogP contribution in [0.15, 0.2) is 30.3 Å². The Kier molecular flexibility index (Phi) is 7.35. The average molecular weight is 327 g/mol. The Labute approximate surface area is 136 Å². The van der Waals surface area contributed by atoms with Crippen LogP contribution in [-0.4, -0.2) is 41.0 Å². The van der Waals surface area contributed by atoms with E-state index in [2.05, 4.69) is 12.1 Å². The van der Waals surface area contributed by atoms with Gasteiger partial charge in [0.05, 0.1) is 0 Å². The summed E-state index contributed by atoms with van der Waals surface area (Å²) in [6.07, 6.45) is 2.47. The molecular formula is C16H23ClN2O3. The number of likely N-dealkylation sites (tertiary alicyclic amines) is 1. The van der Waals surface area contributed by atoms with Gasteiger partial charge >= 0.3 is 5.97 Å². The van der Waals surface area contributed by atoms with Crippen LogP contribution in [0.25, 0.3) is 0 Å². The Hall–Kier alpha value is -1.59. The van der Waals surface area contributed by atoms with Crippen molar-refractivity contribution in [3.05, 3.63) is 35.9 Å². The summed E-state index contributed by atoms with van der Waals surface area (Å²) in [5.74, 6) is -0.673. The zero-order chi connectivity index (χ0) is 15.2. The molecular weight excluding hydrogens is 304 g/mol. The van der Waals surface area contributed by atoms with Gasteiger partial charge in [0.1, 0.15) is 6.04 Å². The molecule has 1 amide bonds. The van der Waals surface area contributed by atoms with Gasteiger partial charge in [0, 0.05) is 25.4 Å². The maximum Gasteiger partial charge on any atom is 0.320 e. The van der Waals surface area contributed by atoms with Crippen LogP contribution in [0.5, 0.6) is 0 Å². The van der Waals surface area contributed by atoms with E-state index in [4.69, 9.17) is 10.8 Å². The number of hydrogen-bond donors (Lipinski definition) is 2. The minimum atomic E-state index is -1.05. The lowest BCUT2D eigenvalue weighted by Crippen LogP contribution is -2.40. The predicted octanol–water partition coefficient (Wildman–Crippen LogP) is 2.01. The summed E-state index contributed by atoms with van der Waals surface area (Å²) in [6, 6.07) is 9.26. The summed E-state index contributed by atoms with van der Waals surface area (Å²) in [6.45, 7) is 1.47. The molecule has 1 saturated heterocycles. The zero-order valence-corrected chi connectivity index (χ0v) is 13.3. The van der Waals surface area contributed by atoms with E-state index in [9.17, 15) is 9.59 Å². The molecule has 122 valence electrons. The van der Waals surface area contributed by atoms with Gasteiger partial charge in [-0.15, -0.1) is 12.4 Å². The van der Waals surface area contributed by atoms with E-state index >= 15 is 0 Å². The molecule has 1 aliphatic rings. The Morgan fingerprint density at radius 1 is 1.32 bits per heavy atom. The molecule has 6 heteroatoms. The first-order chi connectivity index (χ1) is 10.1. The van der Waals surface area contributed by atoms with Crippen LogP contribution in [-0.2, 0) is 9.59 Å². The first kappa shape index (κ1) is 18.5. The fourth-order valence-electron chi connectivity index (χ4n) is 2.76. The van der Waals surface area contributed by atoms with Gasteiger partial charge in [-0.2, -0.15) is 0 Å². The second-order valence-electron chi connectivity index (χ2n) is 5.57. The molecule has 0 bridgehead atoms. The number of piperidine rings is 1. The van der Waals surface area contributed by atoms with Crippen LogP contribution in [0.4, 0.5) is 0 Å². The van der Waals surface area contributed by atoms with Crippen LogP contribution in [0.2, 0.25) is 0 Å². The number of amides is 1. The number of halogens is 1. The largest absolute Gasteiger partial charge is 0.480 e. The van der Waals surface area contributed by atoms with Crippen LogP contribution in [0.1, 0.15) is 37.2 Å². The smallest absolute Gasteiger partial charge is 0.320 e. The second kappa shape index (κ2) is 8.76. The van der Waals surface area contributed by atoms with Crippen LogP contribution in [0.3, 0.4) is 0 Å². The van der Waals surface area contributed by atoms with Gasteiger partial charge in [0.25, 0.3) is 0 Å². The van der Waals surface area contributed by atoms with Crippen LogP contribution < -0.4 is 5.73 Å². The number of carbonyl (C=O) groups is 2. The van der Waals surface area contributed by atoms with E-state index in [0.29, 0.717) is 12.5 Å². The molecule has 1 aromatic carbocycles. The Bertz CT molecular complexity index is 495. The number of carbonyl (C=O) groups excluding carboxylic acids is 1. The monoisotopic (exact) mass is 326 g/mol. The lowest BCUT2D eigenvalue weighted by Gasteiger charge is -2.33. The van der Waals surface area contributed by atoms with Gasteiger partial charge in [-0.25, -0.2) is 0 Å². The molecule has 0 aliphatic carbocycles. The number of nitrogens with two attached hydrogens (primary N) is 1. The van der Waals surface area contributed by atoms with E-state index in [1.807, 2.05) is 23.1 Å². The van der Waals surface area contributed by atoms with Crippen molar-refractivity contribution in [3.63, 3.8) is 0 Å². The van der Waals surface area contributed by atoms with E-state index in [-0.39, 0.29) is 31.2 Å². The number of aliphatic carboxylic acids is 1. The highest BCUT2D eigenvalue weighted by Crippen LogP contribution is 2.27. The number of hydrogen-bond acceptors (Lipinski definition) is 3. The van der Waals surface area contributed by atoms with E-state index < -0.39 is 12.0 Å². The highest BCUT2D eigenvalue weighted by molar-refractivity contribution is 5.85. The molecule has 1 aromatic rings. The van der Waals surface area contributed by atoms with Crippen molar-refractivity contribution >= 4 is 24.3 Å². The Morgan fingerprint density at radius 2 is 2.00 bits per heavy atom. The van der Waals surface area contributed by atoms with Gasteiger partial charge < -0.3 is 15.7 Å². The first-order valence-corrected chi connectivity index (χ1v) is 7.39. The Morgan fingerprint density at radius 3 is 2.64 bits per heavy atom. The minimum absolute atomic E-state index is 0. The quantitative estimate of drug-likeness (QED) is 0.867. The fourth-order valence-corrected chi connectivity index (χ4v) is 2.76. The summed E-state index contributed by atoms with van der Waals surface area (Å²) in [4.78, 5) is 24.7. The van der Waals surface area contributed by atoms with E-state index in [1.54, 1.807) is 0 Å². The predicted molar refractivity (Wildman–Crippen MR) is 87.1 cm³/mol. The lowest BCUT2D eigenvalue weighted by atomic mass is 9.90. The first-order valence-electron chi connectivity index (χ1n) is 7.39. The highest BCUT2D eigenvalue weighted by Gasteiger charge is 2.25. The van der Waals surface area contributed by atoms with Crippen molar-refractivity contribution in [1.29, 1.82) is 0 Å². The number of carboxylic acid groups (broad SMARTS) is 1. The molecule has 3 N–H and O–H groups in total. The third-order valence-electron chi connectivity index (χ3n) is 4.03. The molecule has 0 saturated carbocycles. The van der Waals surface area contributed by atoms with Gasteiger partial charge in [0.15, 0.2) is 0 Å². The molecule has 0 spiro atoms. The van der Waals surface area contributed by atoms with E-state index in [0.717, 1.165) is 19.4 Å². The van der Waals surface area contributed by atoms with E-state index in [1.165, 1.54) is 5.56 Å². The summed E-state index contributed by atoms with van der Waals surface area (Å²) in [5.41, 5.74) is 6.70. The highest BCUT2D eigenvalue weighted by atomic mass is 35.5. The second-order valence-corrected chi connectivity index (χ2v) is 5.57. The molecule has 1 fully saturated rings. The van der Waals surface area contributed by atoms with Crippen LogP contribution >= 0.6 is 12.4 Å². The molecule has 0 aromatic heterocycles. The van der Waals surface area contributed by atoms with Crippen molar-refractivity contribution in [2.24, 2.45) is 5.73 Å². The summed E-state index contributed by atoms with van der Waals surface area (Å²) >= 11 is 0. The maximum absolute atomic E-state index is 12.2. The summed E-state index contributed by atoms with van der Waals surface area (Å²) in [7, 11) is 0. The minimum Gasteiger partial charge on any atom is -0.480 e. The number of benzene rings is 1. The van der Waals surface area contributed by atoms with Crippen molar-refractivity contribution in [2.75, 3.05) is 13.1 Å². The number of nitrogens with zero attached hydrogens (tertiary/aromatic N) is 1. The molecule has 0 radical (unpaired) electrons. The van der Waals surface area contributed by atoms with Crippen molar-refractivity contribution in [1.82, 2.24) is 4.90 Å². The third kappa shape index (κ3) is 5.00. The van der Waals surface area contributed by atoms with Crippen LogP contribution in [0, 0.1) is 0 Å². The molecule has 5 nitrogen and oxygen atoms in total. The molecule has 1 heterocycles. The van der Waals surface area contributed by atoms with Crippen molar-refractivity contribution in [3.8, 4) is 0 Å². The number of carboxylic acids is 1. The average Bonchev–Trinajstić information content (AvgIpc) is 2.53. The van der Waals surface area contributed by atoms with Gasteiger partial charge in [-0.3, -0.25) is 9.59 Å². The standard InChI is InChI=1S/C16H22N2O3.ClH/c17-14(16(20)21)8-9-15(19)18-10-4-7-13(11-18)12-5-2-1-3-6-12;/h1-3,5-6,13-14H,4,7-11,17H2,(H,20,21);1H/t13?,14-;/m0./s1. The van der Waals surface area contributed by atoms with Gasteiger partial charge in [0.2, 0.25) is 5.91 Å². The summed E-state index contributed by atoms with van der Waals surface area (Å²) in [5, 5.41) is 8.75. The summed E-state index contributed by atoms with van der Waals surface area (Å²) < 4.78 is 0. The topological polar surface area (TPSA) is 83.6 Å². The third-order valence-corrected chi connectivity index (χ3v) is 4.03. The fraction of sp³-hybridized carbons (Fsp3) is 0.500. The molecule has 2 rings (SSSR count). The molecule has 1 aliphatic heterocycles. The maximum atomic E-state index is 12.2. The molecule has 2 atom stereocenters. The SMILES string of the molecule is Cl.N[C@@H](CCC(=O)N1CCCC(c2ccccc2)C1)C(=O)O. The molecule has 1 unspecified atom stereocenters. The molecule has 22 heavy (non-hydrogen) atoms. The normalized spacial score (nSPS) is 19.1. The van der Waals surface area contributed by atoms with Crippen molar-refractivity contribution < 1.29 is 14.7 Å². The number of rotatable bonds is 5. The Balaban J connectivity index is 0.00000242. The zero-order valence-electron chi connectivity index (χ0n) is 12.5.